The highest BCUT2D eigenvalue weighted by Gasteiger charge is 2.17. The molecule has 1 aromatic carbocycles. The molecule has 1 aliphatic rings. The van der Waals surface area contributed by atoms with Gasteiger partial charge in [0.2, 0.25) is 5.91 Å². The summed E-state index contributed by atoms with van der Waals surface area (Å²) in [6, 6.07) is 7.32. The lowest BCUT2D eigenvalue weighted by Gasteiger charge is -2.21. The summed E-state index contributed by atoms with van der Waals surface area (Å²) in [4.78, 5) is 11.8. The summed E-state index contributed by atoms with van der Waals surface area (Å²) < 4.78 is 10.6. The second-order valence-electron chi connectivity index (χ2n) is 4.47. The summed E-state index contributed by atoms with van der Waals surface area (Å²) in [5, 5.41) is 2.87. The van der Waals surface area contributed by atoms with Crippen molar-refractivity contribution < 1.29 is 14.3 Å². The molecule has 0 aromatic heterocycles. The van der Waals surface area contributed by atoms with Crippen molar-refractivity contribution in [2.75, 3.05) is 19.0 Å². The van der Waals surface area contributed by atoms with Gasteiger partial charge in [0.25, 0.3) is 0 Å². The van der Waals surface area contributed by atoms with Gasteiger partial charge in [-0.2, -0.15) is 0 Å². The van der Waals surface area contributed by atoms with Gasteiger partial charge in [0.1, 0.15) is 5.75 Å². The number of hydrogen-bond acceptors (Lipinski definition) is 3. The Morgan fingerprint density at radius 1 is 1.39 bits per heavy atom. The first-order chi connectivity index (χ1) is 8.78. The second kappa shape index (κ2) is 6.40. The van der Waals surface area contributed by atoms with E-state index < -0.39 is 0 Å². The zero-order valence-corrected chi connectivity index (χ0v) is 10.6. The summed E-state index contributed by atoms with van der Waals surface area (Å²) in [6.45, 7) is 0.778. The number of nitrogens with one attached hydrogen (secondary N) is 1. The first-order valence-corrected chi connectivity index (χ1v) is 6.33. The number of carbonyl (C=O) groups is 1. The average molecular weight is 249 g/mol. The zero-order valence-electron chi connectivity index (χ0n) is 10.6. The van der Waals surface area contributed by atoms with E-state index in [1.807, 2.05) is 24.3 Å². The molecule has 4 heteroatoms. The normalized spacial score (nSPS) is 19.3. The van der Waals surface area contributed by atoms with Crippen LogP contribution in [0.15, 0.2) is 24.3 Å². The minimum absolute atomic E-state index is 0.00654. The molecule has 1 amide bonds. The van der Waals surface area contributed by atoms with Crippen LogP contribution in [0, 0.1) is 0 Å². The molecule has 1 N–H and O–H groups in total. The summed E-state index contributed by atoms with van der Waals surface area (Å²) in [5.41, 5.74) is 0.789. The molecular weight excluding hydrogens is 230 g/mol. The Labute approximate surface area is 107 Å². The molecule has 18 heavy (non-hydrogen) atoms. The quantitative estimate of drug-likeness (QED) is 0.892. The van der Waals surface area contributed by atoms with Crippen molar-refractivity contribution in [3.8, 4) is 5.75 Å². The van der Waals surface area contributed by atoms with Gasteiger partial charge in [0, 0.05) is 12.3 Å². The van der Waals surface area contributed by atoms with E-state index in [0.717, 1.165) is 37.3 Å². The van der Waals surface area contributed by atoms with Crippen LogP contribution in [-0.4, -0.2) is 25.7 Å². The number of rotatable bonds is 4. The Bertz CT molecular complexity index is 383. The molecule has 0 saturated carbocycles. The van der Waals surface area contributed by atoms with E-state index in [9.17, 15) is 4.79 Å². The van der Waals surface area contributed by atoms with Crippen LogP contribution in [0.1, 0.15) is 25.7 Å². The fraction of sp³-hybridized carbons (Fsp3) is 0.500. The Morgan fingerprint density at radius 3 is 2.78 bits per heavy atom. The monoisotopic (exact) mass is 249 g/mol. The molecule has 0 spiro atoms. The van der Waals surface area contributed by atoms with Crippen LogP contribution in [0.25, 0.3) is 0 Å². The van der Waals surface area contributed by atoms with Gasteiger partial charge in [0.15, 0.2) is 0 Å². The van der Waals surface area contributed by atoms with Crippen molar-refractivity contribution in [3.63, 3.8) is 0 Å². The van der Waals surface area contributed by atoms with Crippen molar-refractivity contribution in [1.29, 1.82) is 0 Å². The number of hydrogen-bond donors (Lipinski definition) is 1. The second-order valence-corrected chi connectivity index (χ2v) is 4.47. The molecule has 1 aromatic rings. The molecule has 1 unspecified atom stereocenters. The van der Waals surface area contributed by atoms with Crippen molar-refractivity contribution in [2.45, 2.75) is 31.8 Å². The van der Waals surface area contributed by atoms with Gasteiger partial charge in [-0.1, -0.05) is 0 Å². The van der Waals surface area contributed by atoms with Crippen LogP contribution in [-0.2, 0) is 9.53 Å². The minimum Gasteiger partial charge on any atom is -0.497 e. The molecule has 1 heterocycles. The molecular formula is C14H19NO3. The molecule has 0 radical (unpaired) electrons. The molecule has 2 rings (SSSR count). The van der Waals surface area contributed by atoms with Gasteiger partial charge in [-0.15, -0.1) is 0 Å². The van der Waals surface area contributed by atoms with E-state index in [-0.39, 0.29) is 12.0 Å². The number of methoxy groups -OCH3 is 1. The third-order valence-corrected chi connectivity index (χ3v) is 3.06. The van der Waals surface area contributed by atoms with Crippen LogP contribution in [0.3, 0.4) is 0 Å². The Kier molecular flexibility index (Phi) is 4.59. The maximum Gasteiger partial charge on any atom is 0.226 e. The average Bonchev–Trinajstić information content (AvgIpc) is 2.40. The summed E-state index contributed by atoms with van der Waals surface area (Å²) in [7, 11) is 1.62. The predicted molar refractivity (Wildman–Crippen MR) is 69.8 cm³/mol. The van der Waals surface area contributed by atoms with E-state index >= 15 is 0 Å². The Morgan fingerprint density at radius 2 is 2.17 bits per heavy atom. The van der Waals surface area contributed by atoms with E-state index in [4.69, 9.17) is 9.47 Å². The highest BCUT2D eigenvalue weighted by molar-refractivity contribution is 5.91. The van der Waals surface area contributed by atoms with E-state index in [1.54, 1.807) is 7.11 Å². The molecule has 1 fully saturated rings. The minimum atomic E-state index is 0.00654. The van der Waals surface area contributed by atoms with Gasteiger partial charge in [0.05, 0.1) is 19.6 Å². The van der Waals surface area contributed by atoms with Crippen LogP contribution >= 0.6 is 0 Å². The Balaban J connectivity index is 1.82. The lowest BCUT2D eigenvalue weighted by molar-refractivity contribution is -0.119. The fourth-order valence-electron chi connectivity index (χ4n) is 2.06. The lowest BCUT2D eigenvalue weighted by atomic mass is 10.1. The molecule has 1 aliphatic heterocycles. The lowest BCUT2D eigenvalue weighted by Crippen LogP contribution is -2.25. The molecule has 1 saturated heterocycles. The molecule has 98 valence electrons. The highest BCUT2D eigenvalue weighted by atomic mass is 16.5. The van der Waals surface area contributed by atoms with Crippen molar-refractivity contribution in [2.24, 2.45) is 0 Å². The largest absolute Gasteiger partial charge is 0.497 e. The first-order valence-electron chi connectivity index (χ1n) is 6.33. The van der Waals surface area contributed by atoms with E-state index in [1.165, 1.54) is 0 Å². The summed E-state index contributed by atoms with van der Waals surface area (Å²) >= 11 is 0. The molecule has 4 nitrogen and oxygen atoms in total. The maximum atomic E-state index is 11.8. The van der Waals surface area contributed by atoms with Crippen molar-refractivity contribution in [1.82, 2.24) is 0 Å². The predicted octanol–water partition coefficient (Wildman–Crippen LogP) is 2.59. The SMILES string of the molecule is COc1ccc(NC(=O)CC2CCCCO2)cc1. The maximum absolute atomic E-state index is 11.8. The number of anilines is 1. The summed E-state index contributed by atoms with van der Waals surface area (Å²) in [5.74, 6) is 0.788. The standard InChI is InChI=1S/C14H19NO3/c1-17-12-7-5-11(6-8-12)15-14(16)10-13-4-2-3-9-18-13/h5-8,13H,2-4,9-10H2,1H3,(H,15,16). The van der Waals surface area contributed by atoms with Crippen LogP contribution in [0.5, 0.6) is 5.75 Å². The van der Waals surface area contributed by atoms with Gasteiger partial charge in [-0.05, 0) is 43.5 Å². The van der Waals surface area contributed by atoms with Crippen molar-refractivity contribution in [3.05, 3.63) is 24.3 Å². The number of amides is 1. The molecule has 0 bridgehead atoms. The fourth-order valence-corrected chi connectivity index (χ4v) is 2.06. The topological polar surface area (TPSA) is 47.6 Å². The van der Waals surface area contributed by atoms with E-state index in [2.05, 4.69) is 5.32 Å². The number of carbonyl (C=O) groups excluding carboxylic acids is 1. The molecule has 0 aliphatic carbocycles. The van der Waals surface area contributed by atoms with Crippen LogP contribution in [0.4, 0.5) is 5.69 Å². The number of ether oxygens (including phenoxy) is 2. The Hall–Kier alpha value is -1.55. The zero-order chi connectivity index (χ0) is 12.8. The van der Waals surface area contributed by atoms with Gasteiger partial charge in [-0.3, -0.25) is 4.79 Å². The third kappa shape index (κ3) is 3.74. The third-order valence-electron chi connectivity index (χ3n) is 3.06. The number of benzene rings is 1. The first kappa shape index (κ1) is 12.9. The van der Waals surface area contributed by atoms with Crippen molar-refractivity contribution >= 4 is 11.6 Å². The molecule has 1 atom stereocenters. The highest BCUT2D eigenvalue weighted by Crippen LogP contribution is 2.18. The van der Waals surface area contributed by atoms with Crippen LogP contribution in [0.2, 0.25) is 0 Å². The summed E-state index contributed by atoms with van der Waals surface area (Å²) in [6.07, 6.45) is 3.76. The van der Waals surface area contributed by atoms with Gasteiger partial charge in [-0.25, -0.2) is 0 Å². The van der Waals surface area contributed by atoms with E-state index in [0.29, 0.717) is 6.42 Å². The smallest absolute Gasteiger partial charge is 0.226 e. The van der Waals surface area contributed by atoms with Gasteiger partial charge >= 0.3 is 0 Å². The van der Waals surface area contributed by atoms with Crippen LogP contribution < -0.4 is 10.1 Å². The van der Waals surface area contributed by atoms with Gasteiger partial charge < -0.3 is 14.8 Å².